The standard InChI is InChI=1S/C24H26N2O6/c1-2-20(23(28)29)25-22(27)19-11-31-13-21(19)26-24(30)32-12-18-16-9-5-3-7-14(16)15-8-4-6-10-17(15)18/h3-10,18-21H,2,11-13H2,1H3,(H,25,27)(H,26,30)(H,28,29)/t19?,20-,21?/m1/s1. The van der Waals surface area contributed by atoms with Crippen molar-refractivity contribution in [3.8, 4) is 11.1 Å². The van der Waals surface area contributed by atoms with Gasteiger partial charge in [0.25, 0.3) is 0 Å². The van der Waals surface area contributed by atoms with Gasteiger partial charge in [-0.1, -0.05) is 55.5 Å². The molecule has 0 bridgehead atoms. The van der Waals surface area contributed by atoms with Gasteiger partial charge in [0, 0.05) is 5.92 Å². The maximum Gasteiger partial charge on any atom is 0.407 e. The maximum absolute atomic E-state index is 12.5. The number of rotatable bonds is 7. The minimum absolute atomic E-state index is 0.0621. The van der Waals surface area contributed by atoms with E-state index in [1.54, 1.807) is 6.92 Å². The predicted molar refractivity (Wildman–Crippen MR) is 116 cm³/mol. The minimum Gasteiger partial charge on any atom is -0.480 e. The van der Waals surface area contributed by atoms with Crippen LogP contribution < -0.4 is 10.6 Å². The molecule has 2 aliphatic rings. The van der Waals surface area contributed by atoms with Gasteiger partial charge >= 0.3 is 12.1 Å². The van der Waals surface area contributed by atoms with Crippen molar-refractivity contribution in [2.45, 2.75) is 31.3 Å². The molecule has 8 heteroatoms. The first-order valence-electron chi connectivity index (χ1n) is 10.7. The molecule has 1 aliphatic heterocycles. The minimum atomic E-state index is -1.10. The second-order valence-electron chi connectivity index (χ2n) is 8.03. The number of amides is 2. The highest BCUT2D eigenvalue weighted by atomic mass is 16.5. The lowest BCUT2D eigenvalue weighted by atomic mass is 9.98. The van der Waals surface area contributed by atoms with Crippen molar-refractivity contribution in [3.63, 3.8) is 0 Å². The molecular formula is C24H26N2O6. The summed E-state index contributed by atoms with van der Waals surface area (Å²) in [7, 11) is 0. The van der Waals surface area contributed by atoms with Crippen LogP contribution in [0.3, 0.4) is 0 Å². The molecule has 3 atom stereocenters. The van der Waals surface area contributed by atoms with Gasteiger partial charge in [-0.15, -0.1) is 0 Å². The van der Waals surface area contributed by atoms with Crippen LogP contribution in [0.2, 0.25) is 0 Å². The summed E-state index contributed by atoms with van der Waals surface area (Å²) < 4.78 is 10.9. The van der Waals surface area contributed by atoms with E-state index in [4.69, 9.17) is 14.6 Å². The lowest BCUT2D eigenvalue weighted by Crippen LogP contribution is -2.50. The SMILES string of the molecule is CC[C@@H](NC(=O)C1COCC1NC(=O)OCC1c2ccccc2-c2ccccc21)C(=O)O. The molecule has 0 saturated carbocycles. The van der Waals surface area contributed by atoms with Crippen LogP contribution in [0.5, 0.6) is 0 Å². The predicted octanol–water partition coefficient (Wildman–Crippen LogP) is 2.52. The number of alkyl carbamates (subject to hydrolysis) is 1. The summed E-state index contributed by atoms with van der Waals surface area (Å²) in [6.07, 6.45) is -0.371. The van der Waals surface area contributed by atoms with Gasteiger partial charge < -0.3 is 25.2 Å². The molecule has 1 aliphatic carbocycles. The molecule has 0 radical (unpaired) electrons. The van der Waals surface area contributed by atoms with Crippen LogP contribution in [0.4, 0.5) is 4.79 Å². The van der Waals surface area contributed by atoms with E-state index in [9.17, 15) is 14.4 Å². The summed E-state index contributed by atoms with van der Waals surface area (Å²) >= 11 is 0. The largest absolute Gasteiger partial charge is 0.480 e. The fourth-order valence-electron chi connectivity index (χ4n) is 4.36. The van der Waals surface area contributed by atoms with E-state index in [1.165, 1.54) is 0 Å². The molecule has 2 aromatic carbocycles. The molecule has 1 saturated heterocycles. The number of hydrogen-bond donors (Lipinski definition) is 3. The highest BCUT2D eigenvalue weighted by molar-refractivity contribution is 5.86. The summed E-state index contributed by atoms with van der Waals surface area (Å²) in [5.41, 5.74) is 4.51. The zero-order valence-corrected chi connectivity index (χ0v) is 17.7. The highest BCUT2D eigenvalue weighted by Crippen LogP contribution is 2.44. The monoisotopic (exact) mass is 438 g/mol. The first kappa shape index (κ1) is 21.8. The highest BCUT2D eigenvalue weighted by Gasteiger charge is 2.37. The van der Waals surface area contributed by atoms with E-state index in [0.717, 1.165) is 22.3 Å². The molecule has 0 spiro atoms. The van der Waals surface area contributed by atoms with E-state index in [-0.39, 0.29) is 32.2 Å². The van der Waals surface area contributed by atoms with E-state index >= 15 is 0 Å². The van der Waals surface area contributed by atoms with E-state index in [2.05, 4.69) is 22.8 Å². The Bertz CT molecular complexity index is 978. The Morgan fingerprint density at radius 3 is 2.28 bits per heavy atom. The topological polar surface area (TPSA) is 114 Å². The molecule has 3 N–H and O–H groups in total. The maximum atomic E-state index is 12.5. The van der Waals surface area contributed by atoms with E-state index in [1.807, 2.05) is 36.4 Å². The first-order valence-corrected chi connectivity index (χ1v) is 10.7. The van der Waals surface area contributed by atoms with E-state index < -0.39 is 36.0 Å². The quantitative estimate of drug-likeness (QED) is 0.612. The first-order chi connectivity index (χ1) is 15.5. The van der Waals surface area contributed by atoms with Gasteiger partial charge in [0.1, 0.15) is 12.6 Å². The Labute approximate surface area is 185 Å². The summed E-state index contributed by atoms with van der Waals surface area (Å²) in [5, 5.41) is 14.4. The number of ether oxygens (including phenoxy) is 2. The number of carbonyl (C=O) groups excluding carboxylic acids is 2. The van der Waals surface area contributed by atoms with Gasteiger partial charge in [-0.3, -0.25) is 4.79 Å². The molecule has 0 aromatic heterocycles. The van der Waals surface area contributed by atoms with Gasteiger partial charge in [-0.25, -0.2) is 9.59 Å². The molecule has 32 heavy (non-hydrogen) atoms. The average Bonchev–Trinajstić information content (AvgIpc) is 3.38. The zero-order chi connectivity index (χ0) is 22.7. The van der Waals surface area contributed by atoms with Crippen molar-refractivity contribution in [1.29, 1.82) is 0 Å². The fourth-order valence-corrected chi connectivity index (χ4v) is 4.36. The van der Waals surface area contributed by atoms with Crippen LogP contribution in [0, 0.1) is 5.92 Å². The normalized spacial score (nSPS) is 20.2. The van der Waals surface area contributed by atoms with Gasteiger partial charge in [0.15, 0.2) is 0 Å². The molecule has 1 fully saturated rings. The molecular weight excluding hydrogens is 412 g/mol. The van der Waals surface area contributed by atoms with Gasteiger partial charge in [-0.2, -0.15) is 0 Å². The smallest absolute Gasteiger partial charge is 0.407 e. The Morgan fingerprint density at radius 1 is 1.06 bits per heavy atom. The molecule has 2 amide bonds. The number of hydrogen-bond acceptors (Lipinski definition) is 5. The van der Waals surface area contributed by atoms with Crippen LogP contribution in [-0.4, -0.2) is 55.0 Å². The molecule has 168 valence electrons. The summed E-state index contributed by atoms with van der Waals surface area (Å²) in [5.74, 6) is -2.29. The van der Waals surface area contributed by atoms with Crippen molar-refractivity contribution in [1.82, 2.24) is 10.6 Å². The number of carboxylic acids is 1. The summed E-state index contributed by atoms with van der Waals surface area (Å²) in [6, 6.07) is 14.6. The second kappa shape index (κ2) is 9.40. The number of carboxylic acid groups (broad SMARTS) is 1. The Balaban J connectivity index is 1.37. The summed E-state index contributed by atoms with van der Waals surface area (Å²) in [6.45, 7) is 2.11. The van der Waals surface area contributed by atoms with Gasteiger partial charge in [0.2, 0.25) is 5.91 Å². The van der Waals surface area contributed by atoms with Crippen LogP contribution >= 0.6 is 0 Å². The number of aliphatic carboxylic acids is 1. The van der Waals surface area contributed by atoms with Crippen LogP contribution in [0.15, 0.2) is 48.5 Å². The van der Waals surface area contributed by atoms with Crippen LogP contribution in [0.25, 0.3) is 11.1 Å². The lowest BCUT2D eigenvalue weighted by molar-refractivity contribution is -0.142. The van der Waals surface area contributed by atoms with Gasteiger partial charge in [0.05, 0.1) is 25.2 Å². The van der Waals surface area contributed by atoms with Crippen molar-refractivity contribution >= 4 is 18.0 Å². The average molecular weight is 438 g/mol. The number of carbonyl (C=O) groups is 3. The Hall–Kier alpha value is -3.39. The van der Waals surface area contributed by atoms with Gasteiger partial charge in [-0.05, 0) is 28.7 Å². The van der Waals surface area contributed by atoms with E-state index in [0.29, 0.717) is 0 Å². The number of benzene rings is 2. The van der Waals surface area contributed by atoms with Crippen molar-refractivity contribution in [3.05, 3.63) is 59.7 Å². The van der Waals surface area contributed by atoms with Crippen molar-refractivity contribution in [2.75, 3.05) is 19.8 Å². The molecule has 2 aromatic rings. The molecule has 1 heterocycles. The fraction of sp³-hybridized carbons (Fsp3) is 0.375. The van der Waals surface area contributed by atoms with Crippen molar-refractivity contribution in [2.24, 2.45) is 5.92 Å². The Kier molecular flexibility index (Phi) is 6.41. The lowest BCUT2D eigenvalue weighted by Gasteiger charge is -2.21. The third-order valence-corrected chi connectivity index (χ3v) is 6.09. The molecule has 4 rings (SSSR count). The third-order valence-electron chi connectivity index (χ3n) is 6.09. The zero-order valence-electron chi connectivity index (χ0n) is 17.7. The Morgan fingerprint density at radius 2 is 1.69 bits per heavy atom. The molecule has 2 unspecified atom stereocenters. The summed E-state index contributed by atoms with van der Waals surface area (Å²) in [4.78, 5) is 36.2. The van der Waals surface area contributed by atoms with Crippen molar-refractivity contribution < 1.29 is 29.0 Å². The second-order valence-corrected chi connectivity index (χ2v) is 8.03. The number of fused-ring (bicyclic) bond motifs is 3. The molecule has 8 nitrogen and oxygen atoms in total. The third kappa shape index (κ3) is 4.31. The number of nitrogens with one attached hydrogen (secondary N) is 2. The van der Waals surface area contributed by atoms with Crippen LogP contribution in [-0.2, 0) is 19.1 Å². The van der Waals surface area contributed by atoms with Crippen LogP contribution in [0.1, 0.15) is 30.4 Å².